The fourth-order valence-corrected chi connectivity index (χ4v) is 1.83. The lowest BCUT2D eigenvalue weighted by Gasteiger charge is -2.29. The molecule has 0 spiro atoms. The first kappa shape index (κ1) is 17.8. The molecule has 0 aromatic heterocycles. The summed E-state index contributed by atoms with van der Waals surface area (Å²) in [6.07, 6.45) is -0.329. The van der Waals surface area contributed by atoms with E-state index in [1.807, 2.05) is 0 Å². The van der Waals surface area contributed by atoms with Gasteiger partial charge < -0.3 is 14.6 Å². The van der Waals surface area contributed by atoms with Gasteiger partial charge in [-0.25, -0.2) is 9.59 Å². The largest absolute Gasteiger partial charge is 0.508 e. The summed E-state index contributed by atoms with van der Waals surface area (Å²) in [7, 11) is 2.77. The minimum Gasteiger partial charge on any atom is -0.508 e. The zero-order valence-electron chi connectivity index (χ0n) is 13.6. The molecule has 0 saturated heterocycles. The van der Waals surface area contributed by atoms with Crippen LogP contribution in [0.4, 0.5) is 4.79 Å². The molecule has 0 aliphatic heterocycles. The van der Waals surface area contributed by atoms with Crippen molar-refractivity contribution in [3.05, 3.63) is 29.8 Å². The second-order valence-corrected chi connectivity index (χ2v) is 6.00. The number of carbonyl (C=O) groups excluding carboxylic acids is 2. The fourth-order valence-electron chi connectivity index (χ4n) is 1.83. The summed E-state index contributed by atoms with van der Waals surface area (Å²) in [5.41, 5.74) is 0.147. The Kier molecular flexibility index (Phi) is 5.79. The molecular weight excluding hydrogens is 286 g/mol. The van der Waals surface area contributed by atoms with Crippen molar-refractivity contribution in [2.75, 3.05) is 14.2 Å². The maximum absolute atomic E-state index is 12.1. The second-order valence-electron chi connectivity index (χ2n) is 6.00. The number of amides is 1. The van der Waals surface area contributed by atoms with Gasteiger partial charge in [0.25, 0.3) is 0 Å². The first-order valence-electron chi connectivity index (χ1n) is 6.95. The van der Waals surface area contributed by atoms with E-state index in [0.717, 1.165) is 5.56 Å². The number of carbonyl (C=O) groups is 2. The molecule has 6 heteroatoms. The van der Waals surface area contributed by atoms with Gasteiger partial charge >= 0.3 is 12.1 Å². The smallest absolute Gasteiger partial charge is 0.410 e. The predicted octanol–water partition coefficient (Wildman–Crippen LogP) is 2.34. The average Bonchev–Trinajstić information content (AvgIpc) is 2.43. The molecule has 0 fully saturated rings. The monoisotopic (exact) mass is 309 g/mol. The third kappa shape index (κ3) is 5.27. The fraction of sp³-hybridized carbons (Fsp3) is 0.500. The van der Waals surface area contributed by atoms with Gasteiger partial charge in [0.1, 0.15) is 17.4 Å². The van der Waals surface area contributed by atoms with Crippen molar-refractivity contribution in [2.45, 2.75) is 38.8 Å². The summed E-state index contributed by atoms with van der Waals surface area (Å²) in [6, 6.07) is 5.63. The zero-order valence-corrected chi connectivity index (χ0v) is 13.6. The standard InChI is InChI=1S/C16H23NO5/c1-16(2,3)22-15(20)17(4)13(14(19)21-5)10-11-6-8-12(18)9-7-11/h6-9,13,18H,10H2,1-5H3/t13-/m1/s1. The molecular formula is C16H23NO5. The number of methoxy groups -OCH3 is 1. The summed E-state index contributed by atoms with van der Waals surface area (Å²) in [5.74, 6) is -0.389. The maximum atomic E-state index is 12.1. The third-order valence-electron chi connectivity index (χ3n) is 2.99. The molecule has 22 heavy (non-hydrogen) atoms. The molecule has 122 valence electrons. The molecule has 1 atom stereocenters. The number of aromatic hydroxyl groups is 1. The highest BCUT2D eigenvalue weighted by atomic mass is 16.6. The summed E-state index contributed by atoms with van der Waals surface area (Å²) in [4.78, 5) is 25.3. The lowest BCUT2D eigenvalue weighted by atomic mass is 10.0. The number of esters is 1. The number of likely N-dealkylation sites (N-methyl/N-ethyl adjacent to an activating group) is 1. The zero-order chi connectivity index (χ0) is 16.9. The van der Waals surface area contributed by atoms with Crippen LogP contribution in [0.3, 0.4) is 0 Å². The summed E-state index contributed by atoms with van der Waals surface area (Å²) < 4.78 is 10.0. The highest BCUT2D eigenvalue weighted by Crippen LogP contribution is 2.16. The van der Waals surface area contributed by atoms with Crippen LogP contribution in [-0.2, 0) is 20.7 Å². The number of phenolic OH excluding ortho intramolecular Hbond substituents is 1. The van der Waals surface area contributed by atoms with Crippen molar-refractivity contribution in [1.29, 1.82) is 0 Å². The Hall–Kier alpha value is -2.24. The van der Waals surface area contributed by atoms with E-state index >= 15 is 0 Å². The molecule has 0 radical (unpaired) electrons. The molecule has 0 aliphatic carbocycles. The van der Waals surface area contributed by atoms with Gasteiger partial charge in [0.15, 0.2) is 0 Å². The minimum absolute atomic E-state index is 0.138. The topological polar surface area (TPSA) is 76.1 Å². The molecule has 0 unspecified atom stereocenters. The molecule has 0 aliphatic rings. The Morgan fingerprint density at radius 1 is 1.23 bits per heavy atom. The highest BCUT2D eigenvalue weighted by molar-refractivity contribution is 5.81. The molecule has 1 N–H and O–H groups in total. The number of ether oxygens (including phenoxy) is 2. The van der Waals surface area contributed by atoms with Crippen LogP contribution >= 0.6 is 0 Å². The normalized spacial score (nSPS) is 12.4. The van der Waals surface area contributed by atoms with Gasteiger partial charge in [-0.15, -0.1) is 0 Å². The average molecular weight is 309 g/mol. The number of hydrogen-bond donors (Lipinski definition) is 1. The molecule has 1 aromatic carbocycles. The summed E-state index contributed by atoms with van der Waals surface area (Å²) in [6.45, 7) is 5.27. The van der Waals surface area contributed by atoms with Gasteiger partial charge in [-0.3, -0.25) is 4.90 Å². The quantitative estimate of drug-likeness (QED) is 0.864. The lowest BCUT2D eigenvalue weighted by Crippen LogP contribution is -2.46. The van der Waals surface area contributed by atoms with Crippen LogP contribution in [0.2, 0.25) is 0 Å². The number of phenols is 1. The number of benzene rings is 1. The molecule has 0 heterocycles. The van der Waals surface area contributed by atoms with Gasteiger partial charge in [-0.2, -0.15) is 0 Å². The van der Waals surface area contributed by atoms with Crippen LogP contribution in [0.15, 0.2) is 24.3 Å². The van der Waals surface area contributed by atoms with Gasteiger partial charge in [0.05, 0.1) is 7.11 Å². The van der Waals surface area contributed by atoms with Crippen molar-refractivity contribution >= 4 is 12.1 Å². The predicted molar refractivity (Wildman–Crippen MR) is 81.6 cm³/mol. The van der Waals surface area contributed by atoms with Crippen LogP contribution in [-0.4, -0.2) is 47.9 Å². The van der Waals surface area contributed by atoms with E-state index in [4.69, 9.17) is 9.47 Å². The van der Waals surface area contributed by atoms with Crippen LogP contribution in [0.25, 0.3) is 0 Å². The number of hydrogen-bond acceptors (Lipinski definition) is 5. The van der Waals surface area contributed by atoms with Crippen molar-refractivity contribution in [2.24, 2.45) is 0 Å². The van der Waals surface area contributed by atoms with E-state index in [2.05, 4.69) is 0 Å². The van der Waals surface area contributed by atoms with Crippen LogP contribution < -0.4 is 0 Å². The van der Waals surface area contributed by atoms with Gasteiger partial charge in [0, 0.05) is 13.5 Å². The molecule has 6 nitrogen and oxygen atoms in total. The first-order chi connectivity index (χ1) is 10.1. The Morgan fingerprint density at radius 2 is 1.77 bits per heavy atom. The number of nitrogens with zero attached hydrogens (tertiary/aromatic N) is 1. The van der Waals surface area contributed by atoms with Gasteiger partial charge in [0.2, 0.25) is 0 Å². The van der Waals surface area contributed by atoms with Crippen LogP contribution in [0.1, 0.15) is 26.3 Å². The molecule has 1 amide bonds. The van der Waals surface area contributed by atoms with Gasteiger partial charge in [-0.05, 0) is 38.5 Å². The Balaban J connectivity index is 2.90. The third-order valence-corrected chi connectivity index (χ3v) is 2.99. The lowest BCUT2D eigenvalue weighted by molar-refractivity contribution is -0.146. The highest BCUT2D eigenvalue weighted by Gasteiger charge is 2.31. The number of rotatable bonds is 4. The summed E-state index contributed by atoms with van der Waals surface area (Å²) >= 11 is 0. The van der Waals surface area contributed by atoms with Gasteiger partial charge in [-0.1, -0.05) is 12.1 Å². The Labute approximate surface area is 130 Å². The van der Waals surface area contributed by atoms with Crippen molar-refractivity contribution in [3.63, 3.8) is 0 Å². The van der Waals surface area contributed by atoms with E-state index in [9.17, 15) is 14.7 Å². The van der Waals surface area contributed by atoms with E-state index in [0.29, 0.717) is 0 Å². The second kappa shape index (κ2) is 7.15. The molecule has 1 aromatic rings. The van der Waals surface area contributed by atoms with Crippen molar-refractivity contribution < 1.29 is 24.2 Å². The van der Waals surface area contributed by atoms with Crippen molar-refractivity contribution in [3.8, 4) is 5.75 Å². The van der Waals surface area contributed by atoms with E-state index in [1.165, 1.54) is 31.2 Å². The van der Waals surface area contributed by atoms with Crippen LogP contribution in [0, 0.1) is 0 Å². The minimum atomic E-state index is -0.801. The van der Waals surface area contributed by atoms with E-state index < -0.39 is 23.7 Å². The Bertz CT molecular complexity index is 518. The van der Waals surface area contributed by atoms with E-state index in [1.54, 1.807) is 32.9 Å². The van der Waals surface area contributed by atoms with E-state index in [-0.39, 0.29) is 12.2 Å². The SMILES string of the molecule is COC(=O)[C@@H](Cc1ccc(O)cc1)N(C)C(=O)OC(C)(C)C. The van der Waals surface area contributed by atoms with Crippen molar-refractivity contribution in [1.82, 2.24) is 4.90 Å². The Morgan fingerprint density at radius 3 is 2.23 bits per heavy atom. The molecule has 1 rings (SSSR count). The first-order valence-corrected chi connectivity index (χ1v) is 6.95. The van der Waals surface area contributed by atoms with Crippen LogP contribution in [0.5, 0.6) is 5.75 Å². The summed E-state index contributed by atoms with van der Waals surface area (Å²) in [5, 5.41) is 9.29. The molecule has 0 saturated carbocycles. The maximum Gasteiger partial charge on any atom is 0.410 e. The molecule has 0 bridgehead atoms.